The van der Waals surface area contributed by atoms with Crippen molar-refractivity contribution in [3.63, 3.8) is 0 Å². The number of halogens is 3. The van der Waals surface area contributed by atoms with Crippen LogP contribution in [-0.4, -0.2) is 17.3 Å². The Bertz CT molecular complexity index is 620. The van der Waals surface area contributed by atoms with Crippen LogP contribution in [0.4, 0.5) is 13.2 Å². The highest BCUT2D eigenvalue weighted by atomic mass is 19.4. The normalized spacial score (nSPS) is 13.3. The Hall–Kier alpha value is -2.04. The molecule has 1 N–H and O–H groups in total. The van der Waals surface area contributed by atoms with Crippen LogP contribution in [0.5, 0.6) is 0 Å². The van der Waals surface area contributed by atoms with Gasteiger partial charge in [-0.05, 0) is 22.8 Å². The smallest absolute Gasteiger partial charge is 0.392 e. The van der Waals surface area contributed by atoms with Gasteiger partial charge in [0.25, 0.3) is 0 Å². The minimum Gasteiger partial charge on any atom is -0.481 e. The second-order valence-electron chi connectivity index (χ2n) is 4.72. The predicted molar refractivity (Wildman–Crippen MR) is 69.4 cm³/mol. The Morgan fingerprint density at radius 3 is 2.35 bits per heavy atom. The van der Waals surface area contributed by atoms with E-state index in [1.165, 1.54) is 0 Å². The number of carboxylic acid groups (broad SMARTS) is 1. The fourth-order valence-electron chi connectivity index (χ4n) is 2.16. The molecule has 0 aliphatic carbocycles. The summed E-state index contributed by atoms with van der Waals surface area (Å²) in [5.41, 5.74) is 0.493. The van der Waals surface area contributed by atoms with Crippen molar-refractivity contribution in [1.82, 2.24) is 0 Å². The topological polar surface area (TPSA) is 37.3 Å². The number of fused-ring (bicyclic) bond motifs is 1. The minimum absolute atomic E-state index is 0.319. The van der Waals surface area contributed by atoms with Crippen LogP contribution in [0.1, 0.15) is 12.0 Å². The summed E-state index contributed by atoms with van der Waals surface area (Å²) in [5, 5.41) is 10.4. The summed E-state index contributed by atoms with van der Waals surface area (Å²) in [6.45, 7) is 0. The molecule has 0 heterocycles. The van der Waals surface area contributed by atoms with Crippen molar-refractivity contribution >= 4 is 16.7 Å². The Morgan fingerprint density at radius 1 is 1.10 bits per heavy atom. The molecule has 20 heavy (non-hydrogen) atoms. The second kappa shape index (κ2) is 5.53. The number of hydrogen-bond donors (Lipinski definition) is 1. The number of hydrogen-bond acceptors (Lipinski definition) is 1. The van der Waals surface area contributed by atoms with Crippen LogP contribution in [0.25, 0.3) is 10.8 Å². The molecule has 2 rings (SSSR count). The van der Waals surface area contributed by atoms with E-state index in [4.69, 9.17) is 5.11 Å². The Kier molecular flexibility index (Phi) is 3.97. The van der Waals surface area contributed by atoms with Gasteiger partial charge in [0.05, 0.1) is 12.3 Å². The summed E-state index contributed by atoms with van der Waals surface area (Å²) < 4.78 is 38.4. The van der Waals surface area contributed by atoms with Crippen molar-refractivity contribution in [3.8, 4) is 0 Å². The van der Waals surface area contributed by atoms with Gasteiger partial charge in [-0.3, -0.25) is 4.79 Å². The van der Waals surface area contributed by atoms with Crippen LogP contribution in [0.15, 0.2) is 42.5 Å². The number of aliphatic carboxylic acids is 1. The first kappa shape index (κ1) is 14.4. The third-order valence-electron chi connectivity index (χ3n) is 3.18. The molecule has 1 unspecified atom stereocenters. The third kappa shape index (κ3) is 3.50. The molecule has 0 aliphatic heterocycles. The van der Waals surface area contributed by atoms with Crippen molar-refractivity contribution in [2.75, 3.05) is 0 Å². The van der Waals surface area contributed by atoms with Gasteiger partial charge < -0.3 is 5.11 Å². The molecule has 2 nitrogen and oxygen atoms in total. The van der Waals surface area contributed by atoms with Crippen LogP contribution in [0.3, 0.4) is 0 Å². The molecule has 0 saturated heterocycles. The molecule has 0 radical (unpaired) electrons. The van der Waals surface area contributed by atoms with Crippen LogP contribution in [-0.2, 0) is 11.2 Å². The molecule has 0 spiro atoms. The van der Waals surface area contributed by atoms with E-state index in [0.717, 1.165) is 10.8 Å². The second-order valence-corrected chi connectivity index (χ2v) is 4.72. The van der Waals surface area contributed by atoms with Crippen LogP contribution >= 0.6 is 0 Å². The molecule has 0 fully saturated rings. The van der Waals surface area contributed by atoms with Gasteiger partial charge in [0.2, 0.25) is 0 Å². The van der Waals surface area contributed by atoms with Crippen LogP contribution < -0.4 is 0 Å². The lowest BCUT2D eigenvalue weighted by molar-refractivity contribution is -0.182. The van der Waals surface area contributed by atoms with E-state index in [1.807, 2.05) is 24.3 Å². The largest absolute Gasteiger partial charge is 0.481 e. The summed E-state index contributed by atoms with van der Waals surface area (Å²) in [5.74, 6) is -3.30. The van der Waals surface area contributed by atoms with E-state index in [9.17, 15) is 18.0 Å². The van der Waals surface area contributed by atoms with E-state index in [-0.39, 0.29) is 6.42 Å². The molecule has 5 heteroatoms. The van der Waals surface area contributed by atoms with Gasteiger partial charge in [-0.1, -0.05) is 42.5 Å². The quantitative estimate of drug-likeness (QED) is 0.919. The Labute approximate surface area is 113 Å². The van der Waals surface area contributed by atoms with E-state index < -0.39 is 24.5 Å². The van der Waals surface area contributed by atoms with Crippen molar-refractivity contribution in [2.45, 2.75) is 19.0 Å². The van der Waals surface area contributed by atoms with Crippen molar-refractivity contribution in [3.05, 3.63) is 48.0 Å². The summed E-state index contributed by atoms with van der Waals surface area (Å²) in [6, 6.07) is 12.4. The molecule has 0 amide bonds. The lowest BCUT2D eigenvalue weighted by atomic mass is 9.94. The average molecular weight is 282 g/mol. The van der Waals surface area contributed by atoms with Gasteiger partial charge in [0, 0.05) is 0 Å². The zero-order chi connectivity index (χ0) is 14.8. The van der Waals surface area contributed by atoms with Gasteiger partial charge in [-0.2, -0.15) is 13.2 Å². The monoisotopic (exact) mass is 282 g/mol. The summed E-state index contributed by atoms with van der Waals surface area (Å²) in [4.78, 5) is 10.6. The van der Waals surface area contributed by atoms with Crippen LogP contribution in [0, 0.1) is 5.92 Å². The third-order valence-corrected chi connectivity index (χ3v) is 3.18. The molecule has 2 aromatic carbocycles. The summed E-state index contributed by atoms with van der Waals surface area (Å²) >= 11 is 0. The molecule has 1 atom stereocenters. The highest BCUT2D eigenvalue weighted by Gasteiger charge is 2.40. The maximum Gasteiger partial charge on any atom is 0.392 e. The highest BCUT2D eigenvalue weighted by molar-refractivity contribution is 5.83. The maximum atomic E-state index is 12.8. The van der Waals surface area contributed by atoms with Gasteiger partial charge in [0.1, 0.15) is 0 Å². The number of alkyl halides is 3. The fourth-order valence-corrected chi connectivity index (χ4v) is 2.16. The first-order valence-electron chi connectivity index (χ1n) is 6.12. The fraction of sp³-hybridized carbons (Fsp3) is 0.267. The molecule has 2 aromatic rings. The van der Waals surface area contributed by atoms with E-state index >= 15 is 0 Å². The van der Waals surface area contributed by atoms with Crippen molar-refractivity contribution in [2.24, 2.45) is 5.92 Å². The van der Waals surface area contributed by atoms with Gasteiger partial charge in [-0.15, -0.1) is 0 Å². The number of carbonyl (C=O) groups is 1. The molecule has 106 valence electrons. The minimum atomic E-state index is -4.51. The van der Waals surface area contributed by atoms with E-state index in [0.29, 0.717) is 5.56 Å². The van der Waals surface area contributed by atoms with E-state index in [2.05, 4.69) is 0 Å². The standard InChI is InChI=1S/C15H13F3O2/c16-15(17,18)13(9-14(19)20)8-10-5-6-11-3-1-2-4-12(11)7-10/h1-7,13H,8-9H2,(H,19,20). The van der Waals surface area contributed by atoms with E-state index in [1.54, 1.807) is 18.2 Å². The first-order valence-corrected chi connectivity index (χ1v) is 6.12. The number of carboxylic acids is 1. The lowest BCUT2D eigenvalue weighted by Gasteiger charge is -2.18. The van der Waals surface area contributed by atoms with Gasteiger partial charge in [0.15, 0.2) is 0 Å². The zero-order valence-corrected chi connectivity index (χ0v) is 10.5. The Morgan fingerprint density at radius 2 is 1.75 bits per heavy atom. The lowest BCUT2D eigenvalue weighted by Crippen LogP contribution is -2.27. The highest BCUT2D eigenvalue weighted by Crippen LogP contribution is 2.32. The van der Waals surface area contributed by atoms with Crippen molar-refractivity contribution < 1.29 is 23.1 Å². The summed E-state index contributed by atoms with van der Waals surface area (Å²) in [7, 11) is 0. The number of benzene rings is 2. The summed E-state index contributed by atoms with van der Waals surface area (Å²) in [6.07, 6.45) is -5.74. The zero-order valence-electron chi connectivity index (χ0n) is 10.5. The van der Waals surface area contributed by atoms with Gasteiger partial charge in [-0.25, -0.2) is 0 Å². The van der Waals surface area contributed by atoms with Crippen molar-refractivity contribution in [1.29, 1.82) is 0 Å². The Balaban J connectivity index is 2.26. The molecule has 0 aromatic heterocycles. The first-order chi connectivity index (χ1) is 9.36. The predicted octanol–water partition coefficient (Wildman–Crippen LogP) is 4.04. The SMILES string of the molecule is O=C(O)CC(Cc1ccc2ccccc2c1)C(F)(F)F. The number of rotatable bonds is 4. The molecule has 0 bridgehead atoms. The van der Waals surface area contributed by atoms with Gasteiger partial charge >= 0.3 is 12.1 Å². The van der Waals surface area contributed by atoms with Crippen LogP contribution in [0.2, 0.25) is 0 Å². The molecule has 0 aliphatic rings. The molecule has 0 saturated carbocycles. The molecular formula is C15H13F3O2. The maximum absolute atomic E-state index is 12.8. The molecular weight excluding hydrogens is 269 g/mol. The average Bonchev–Trinajstić information content (AvgIpc) is 2.36.